The van der Waals surface area contributed by atoms with Crippen molar-refractivity contribution < 1.29 is 28.8 Å². The summed E-state index contributed by atoms with van der Waals surface area (Å²) in [5.74, 6) is 1.60. The number of rotatable bonds is 8. The Morgan fingerprint density at radius 1 is 0.909 bits per heavy atom. The van der Waals surface area contributed by atoms with Gasteiger partial charge in [0, 0.05) is 28.5 Å². The van der Waals surface area contributed by atoms with Crippen molar-refractivity contribution in [2.75, 3.05) is 21.3 Å². The number of para-hydroxylation sites is 2. The predicted molar refractivity (Wildman–Crippen MR) is 128 cm³/mol. The van der Waals surface area contributed by atoms with E-state index in [2.05, 4.69) is 4.98 Å². The van der Waals surface area contributed by atoms with Crippen LogP contribution in [0.2, 0.25) is 0 Å². The van der Waals surface area contributed by atoms with E-state index in [0.717, 1.165) is 10.1 Å². The number of carboxylic acids is 1. The van der Waals surface area contributed by atoms with E-state index in [0.29, 0.717) is 39.2 Å². The lowest BCUT2D eigenvalue weighted by atomic mass is 10.1. The van der Waals surface area contributed by atoms with E-state index >= 15 is 0 Å². The molecule has 168 valence electrons. The largest absolute Gasteiger partial charge is 0.493 e. The molecule has 2 aromatic carbocycles. The summed E-state index contributed by atoms with van der Waals surface area (Å²) in [6, 6.07) is 14.2. The molecule has 0 atom stereocenters. The summed E-state index contributed by atoms with van der Waals surface area (Å²) < 4.78 is 23.5. The lowest BCUT2D eigenvalue weighted by Gasteiger charge is -2.12. The average Bonchev–Trinajstić information content (AvgIpc) is 3.18. The molecule has 0 aliphatic heterocycles. The van der Waals surface area contributed by atoms with Crippen molar-refractivity contribution in [3.63, 3.8) is 0 Å². The van der Waals surface area contributed by atoms with Crippen molar-refractivity contribution in [3.05, 3.63) is 71.4 Å². The Morgan fingerprint density at radius 3 is 2.18 bits per heavy atom. The molecule has 33 heavy (non-hydrogen) atoms. The quantitative estimate of drug-likeness (QED) is 0.333. The molecule has 7 nitrogen and oxygen atoms in total. The minimum Gasteiger partial charge on any atom is -0.493 e. The molecule has 4 aromatic rings. The number of pyridine rings is 1. The molecule has 0 saturated heterocycles. The van der Waals surface area contributed by atoms with Gasteiger partial charge in [-0.05, 0) is 42.0 Å². The number of carboxylic acid groups (broad SMARTS) is 1. The fourth-order valence-electron chi connectivity index (χ4n) is 3.36. The van der Waals surface area contributed by atoms with Crippen LogP contribution in [0.15, 0.2) is 60.9 Å². The number of ether oxygens (including phenoxy) is 4. The van der Waals surface area contributed by atoms with Crippen LogP contribution < -0.4 is 18.9 Å². The number of methoxy groups -OCH3 is 3. The van der Waals surface area contributed by atoms with Crippen LogP contribution in [0.4, 0.5) is 0 Å². The molecule has 0 bridgehead atoms. The van der Waals surface area contributed by atoms with Crippen LogP contribution in [0.25, 0.3) is 21.7 Å². The topological polar surface area (TPSA) is 87.1 Å². The maximum atomic E-state index is 12.1. The van der Waals surface area contributed by atoms with Gasteiger partial charge in [-0.15, -0.1) is 11.3 Å². The second-order valence-corrected chi connectivity index (χ2v) is 7.93. The third kappa shape index (κ3) is 4.47. The molecule has 2 aromatic heterocycles. The zero-order valence-corrected chi connectivity index (χ0v) is 19.0. The van der Waals surface area contributed by atoms with Crippen LogP contribution in [0.1, 0.15) is 10.4 Å². The van der Waals surface area contributed by atoms with Gasteiger partial charge in [-0.25, -0.2) is 4.79 Å². The molecule has 0 saturated carbocycles. The minimum absolute atomic E-state index is 0.118. The molecule has 0 amide bonds. The number of hydrogen-bond acceptors (Lipinski definition) is 7. The molecule has 0 spiro atoms. The van der Waals surface area contributed by atoms with Crippen molar-refractivity contribution in [2.24, 2.45) is 0 Å². The Bertz CT molecular complexity index is 1330. The maximum Gasteiger partial charge on any atom is 0.336 e. The van der Waals surface area contributed by atoms with Gasteiger partial charge in [0.05, 0.1) is 31.8 Å². The van der Waals surface area contributed by atoms with Gasteiger partial charge in [-0.2, -0.15) is 0 Å². The second-order valence-electron chi connectivity index (χ2n) is 6.85. The van der Waals surface area contributed by atoms with Gasteiger partial charge in [0.2, 0.25) is 0 Å². The molecule has 0 fully saturated rings. The molecular formula is C25H21NO6S. The van der Waals surface area contributed by atoms with Crippen molar-refractivity contribution >= 4 is 39.0 Å². The summed E-state index contributed by atoms with van der Waals surface area (Å²) in [5, 5.41) is 10.7. The zero-order chi connectivity index (χ0) is 23.4. The van der Waals surface area contributed by atoms with Crippen LogP contribution in [0.3, 0.4) is 0 Å². The van der Waals surface area contributed by atoms with Gasteiger partial charge in [0.1, 0.15) is 0 Å². The summed E-state index contributed by atoms with van der Waals surface area (Å²) in [4.78, 5) is 16.7. The summed E-state index contributed by atoms with van der Waals surface area (Å²) >= 11 is 1.39. The number of benzene rings is 2. The Hall–Kier alpha value is -4.04. The Labute approximate surface area is 194 Å². The van der Waals surface area contributed by atoms with Gasteiger partial charge >= 0.3 is 5.97 Å². The highest BCUT2D eigenvalue weighted by Crippen LogP contribution is 2.47. The van der Waals surface area contributed by atoms with Crippen molar-refractivity contribution in [1.29, 1.82) is 0 Å². The molecule has 4 rings (SSSR count). The van der Waals surface area contributed by atoms with Crippen LogP contribution in [0.5, 0.6) is 28.7 Å². The highest BCUT2D eigenvalue weighted by molar-refractivity contribution is 7.20. The number of thiophene rings is 1. The summed E-state index contributed by atoms with van der Waals surface area (Å²) in [5.41, 5.74) is 0.654. The van der Waals surface area contributed by atoms with Gasteiger partial charge < -0.3 is 24.1 Å². The summed E-state index contributed by atoms with van der Waals surface area (Å²) in [6.07, 6.45) is 4.71. The Kier molecular flexibility index (Phi) is 6.46. The first-order valence-corrected chi connectivity index (χ1v) is 10.7. The zero-order valence-electron chi connectivity index (χ0n) is 18.2. The SMILES string of the molecule is COc1cc2sc(C=C(C(=O)O)c3ccncc3)c(Oc3ccccc3OC)c2cc1OC. The Morgan fingerprint density at radius 2 is 1.55 bits per heavy atom. The maximum absolute atomic E-state index is 12.1. The fourth-order valence-corrected chi connectivity index (χ4v) is 4.45. The van der Waals surface area contributed by atoms with Crippen LogP contribution >= 0.6 is 11.3 Å². The first-order valence-electron chi connectivity index (χ1n) is 9.90. The van der Waals surface area contributed by atoms with Gasteiger partial charge in [0.15, 0.2) is 28.7 Å². The molecule has 0 aliphatic rings. The third-order valence-electron chi connectivity index (χ3n) is 4.95. The molecule has 1 N–H and O–H groups in total. The van der Waals surface area contributed by atoms with Crippen LogP contribution in [-0.4, -0.2) is 37.4 Å². The lowest BCUT2D eigenvalue weighted by molar-refractivity contribution is -0.130. The van der Waals surface area contributed by atoms with E-state index in [9.17, 15) is 9.90 Å². The van der Waals surface area contributed by atoms with Gasteiger partial charge in [-0.1, -0.05) is 12.1 Å². The highest BCUT2D eigenvalue weighted by atomic mass is 32.1. The minimum atomic E-state index is -1.06. The van der Waals surface area contributed by atoms with Crippen molar-refractivity contribution in [1.82, 2.24) is 4.98 Å². The van der Waals surface area contributed by atoms with Crippen LogP contribution in [0, 0.1) is 0 Å². The average molecular weight is 464 g/mol. The molecular weight excluding hydrogens is 442 g/mol. The fraction of sp³-hybridized carbons (Fsp3) is 0.120. The van der Waals surface area contributed by atoms with E-state index in [1.165, 1.54) is 11.3 Å². The number of nitrogens with zero attached hydrogens (tertiary/aromatic N) is 1. The predicted octanol–water partition coefficient (Wildman–Crippen LogP) is 5.74. The van der Waals surface area contributed by atoms with Crippen LogP contribution in [-0.2, 0) is 4.79 Å². The normalized spacial score (nSPS) is 11.3. The standard InChI is InChI=1S/C25H21NO6S/c1-29-18-6-4-5-7-19(18)32-24-17-12-20(30-2)21(31-3)14-22(17)33-23(24)13-16(25(27)28)15-8-10-26-11-9-15/h4-14H,1-3H3,(H,27,28). The first-order chi connectivity index (χ1) is 16.0. The smallest absolute Gasteiger partial charge is 0.336 e. The summed E-state index contributed by atoms with van der Waals surface area (Å²) in [7, 11) is 4.69. The molecule has 2 heterocycles. The Balaban J connectivity index is 1.96. The third-order valence-corrected chi connectivity index (χ3v) is 6.03. The molecule has 8 heteroatoms. The number of aliphatic carboxylic acids is 1. The first kappa shape index (κ1) is 22.2. The van der Waals surface area contributed by atoms with Gasteiger partial charge in [0.25, 0.3) is 0 Å². The number of carbonyl (C=O) groups is 1. The van der Waals surface area contributed by atoms with Crippen molar-refractivity contribution in [2.45, 2.75) is 0 Å². The van der Waals surface area contributed by atoms with E-state index in [-0.39, 0.29) is 5.57 Å². The number of aromatic nitrogens is 1. The monoisotopic (exact) mass is 463 g/mol. The molecule has 0 aliphatic carbocycles. The second kappa shape index (κ2) is 9.62. The number of hydrogen-bond donors (Lipinski definition) is 1. The highest BCUT2D eigenvalue weighted by Gasteiger charge is 2.20. The van der Waals surface area contributed by atoms with E-state index < -0.39 is 5.97 Å². The summed E-state index contributed by atoms with van der Waals surface area (Å²) in [6.45, 7) is 0. The van der Waals surface area contributed by atoms with E-state index in [1.807, 2.05) is 24.3 Å². The molecule has 0 radical (unpaired) electrons. The van der Waals surface area contributed by atoms with Gasteiger partial charge in [-0.3, -0.25) is 4.98 Å². The van der Waals surface area contributed by atoms with E-state index in [1.54, 1.807) is 64.1 Å². The van der Waals surface area contributed by atoms with E-state index in [4.69, 9.17) is 18.9 Å². The van der Waals surface area contributed by atoms with Crippen molar-refractivity contribution in [3.8, 4) is 28.7 Å². The lowest BCUT2D eigenvalue weighted by Crippen LogP contribution is -1.99. The molecule has 0 unspecified atom stereocenters. The number of fused-ring (bicyclic) bond motifs is 1.